The second-order valence-electron chi connectivity index (χ2n) is 22.8. The number of fused-ring (bicyclic) bond motifs is 6. The minimum Gasteiger partial charge on any atom is -0.307 e. The molecule has 0 aliphatic heterocycles. The molecule has 0 radical (unpaired) electrons. The van der Waals surface area contributed by atoms with E-state index >= 15 is 0 Å². The van der Waals surface area contributed by atoms with Crippen molar-refractivity contribution in [3.05, 3.63) is 179 Å². The summed E-state index contributed by atoms with van der Waals surface area (Å²) in [4.78, 5) is 10.6. The Morgan fingerprint density at radius 3 is 1.01 bits per heavy atom. The molecule has 0 atom stereocenters. The number of rotatable bonds is 5. The fraction of sp³-hybridized carbons (Fsp3) is 0.254. The first kappa shape index (κ1) is 44.5. The molecule has 10 rings (SSSR count). The van der Waals surface area contributed by atoms with Gasteiger partial charge in [0.15, 0.2) is 5.82 Å². The minimum absolute atomic E-state index is 0.0568. The molecule has 0 fully saturated rings. The quantitative estimate of drug-likeness (QED) is 0.173. The van der Waals surface area contributed by atoms with Gasteiger partial charge in [0.2, 0.25) is 0 Å². The minimum atomic E-state index is -0.0601. The van der Waals surface area contributed by atoms with E-state index in [1.165, 1.54) is 43.8 Å². The molecule has 0 bridgehead atoms. The van der Waals surface area contributed by atoms with Gasteiger partial charge in [-0.2, -0.15) is 5.26 Å². The molecule has 0 saturated heterocycles. The molecule has 3 aromatic heterocycles. The summed E-state index contributed by atoms with van der Waals surface area (Å²) >= 11 is 0. The average molecular weight is 888 g/mol. The number of nitriles is 1. The summed E-state index contributed by atoms with van der Waals surface area (Å²) in [5.41, 5.74) is 15.7. The van der Waals surface area contributed by atoms with Crippen molar-refractivity contribution >= 4 is 43.6 Å². The lowest BCUT2D eigenvalue weighted by atomic mass is 9.85. The molecule has 0 N–H and O–H groups in total. The third kappa shape index (κ3) is 7.76. The molecule has 68 heavy (non-hydrogen) atoms. The standard InChI is InChI=1S/C63H61N5/c1-60(2,3)42-23-27-53-47(32-42)48-33-43(61(4,5)6)24-28-54(48)67(53)57-31-41(38-64)46(59-65-51(39-19-15-13-16-20-39)37-52(66-59)40-21-17-14-18-22-40)36-58(57)68-55-29-25-44(62(7,8)9)34-49(55)50-35-45(63(10,11)12)26-30-56(50)68/h13-37H,1-12H3. The van der Waals surface area contributed by atoms with Crippen LogP contribution in [-0.4, -0.2) is 19.1 Å². The summed E-state index contributed by atoms with van der Waals surface area (Å²) in [5.74, 6) is 0.493. The van der Waals surface area contributed by atoms with E-state index in [1.54, 1.807) is 0 Å². The maximum Gasteiger partial charge on any atom is 0.161 e. The van der Waals surface area contributed by atoms with Crippen LogP contribution in [0.3, 0.4) is 0 Å². The highest BCUT2D eigenvalue weighted by Crippen LogP contribution is 2.44. The van der Waals surface area contributed by atoms with Crippen LogP contribution in [0.4, 0.5) is 0 Å². The maximum absolute atomic E-state index is 11.4. The van der Waals surface area contributed by atoms with Crippen LogP contribution in [0.25, 0.3) is 88.9 Å². The fourth-order valence-corrected chi connectivity index (χ4v) is 9.73. The first-order chi connectivity index (χ1) is 32.2. The van der Waals surface area contributed by atoms with Crippen molar-refractivity contribution in [2.75, 3.05) is 0 Å². The van der Waals surface area contributed by atoms with Crippen molar-refractivity contribution < 1.29 is 0 Å². The van der Waals surface area contributed by atoms with Gasteiger partial charge in [0, 0.05) is 38.2 Å². The van der Waals surface area contributed by atoms with Crippen molar-refractivity contribution in [1.29, 1.82) is 5.26 Å². The van der Waals surface area contributed by atoms with Crippen LogP contribution in [-0.2, 0) is 21.7 Å². The predicted octanol–water partition coefficient (Wildman–Crippen LogP) is 16.7. The number of aromatic nitrogens is 4. The summed E-state index contributed by atoms with van der Waals surface area (Å²) in [7, 11) is 0. The molecule has 0 unspecified atom stereocenters. The van der Waals surface area contributed by atoms with Gasteiger partial charge >= 0.3 is 0 Å². The number of hydrogen-bond donors (Lipinski definition) is 0. The first-order valence-corrected chi connectivity index (χ1v) is 24.0. The molecule has 0 saturated carbocycles. The summed E-state index contributed by atoms with van der Waals surface area (Å²) in [6.07, 6.45) is 0. The van der Waals surface area contributed by atoms with Crippen LogP contribution in [0, 0.1) is 11.3 Å². The molecule has 0 aliphatic carbocycles. The van der Waals surface area contributed by atoms with Gasteiger partial charge < -0.3 is 9.13 Å². The monoisotopic (exact) mass is 887 g/mol. The average Bonchev–Trinajstić information content (AvgIpc) is 3.81. The Morgan fingerprint density at radius 2 is 0.706 bits per heavy atom. The van der Waals surface area contributed by atoms with Gasteiger partial charge in [-0.25, -0.2) is 9.97 Å². The molecular weight excluding hydrogens is 827 g/mol. The van der Waals surface area contributed by atoms with E-state index in [2.05, 4.69) is 214 Å². The van der Waals surface area contributed by atoms with E-state index in [9.17, 15) is 5.26 Å². The zero-order valence-electron chi connectivity index (χ0n) is 41.7. The highest BCUT2D eigenvalue weighted by Gasteiger charge is 2.27. The van der Waals surface area contributed by atoms with Gasteiger partial charge in [0.25, 0.3) is 0 Å². The van der Waals surface area contributed by atoms with E-state index in [0.717, 1.165) is 56.0 Å². The Balaban J connectivity index is 1.38. The maximum atomic E-state index is 11.4. The molecule has 338 valence electrons. The molecule has 0 spiro atoms. The van der Waals surface area contributed by atoms with Crippen molar-refractivity contribution in [3.8, 4) is 51.3 Å². The summed E-state index contributed by atoms with van der Waals surface area (Å²) in [6.45, 7) is 27.4. The lowest BCUT2D eigenvalue weighted by molar-refractivity contribution is 0.590. The SMILES string of the molecule is CC(C)(C)c1ccc2c(c1)c1cc(C(C)(C)C)ccc1n2-c1cc(C#N)c(-c2nc(-c3ccccc3)cc(-c3ccccc3)n2)cc1-n1c2ccc(C(C)(C)C)cc2c2cc(C(C)(C)C)ccc21. The van der Waals surface area contributed by atoms with E-state index in [4.69, 9.17) is 9.97 Å². The van der Waals surface area contributed by atoms with E-state index < -0.39 is 0 Å². The molecule has 0 aliphatic rings. The summed E-state index contributed by atoms with van der Waals surface area (Å²) in [6, 6.07) is 57.3. The highest BCUT2D eigenvalue weighted by molar-refractivity contribution is 6.12. The van der Waals surface area contributed by atoms with Crippen molar-refractivity contribution in [2.24, 2.45) is 0 Å². The molecular formula is C63H61N5. The van der Waals surface area contributed by atoms with Crippen LogP contribution in [0.5, 0.6) is 0 Å². The molecule has 5 nitrogen and oxygen atoms in total. The second-order valence-corrected chi connectivity index (χ2v) is 22.8. The van der Waals surface area contributed by atoms with Gasteiger partial charge in [-0.3, -0.25) is 0 Å². The molecule has 10 aromatic rings. The lowest BCUT2D eigenvalue weighted by Crippen LogP contribution is -2.11. The van der Waals surface area contributed by atoms with Crippen LogP contribution in [0.15, 0.2) is 152 Å². The second kappa shape index (κ2) is 15.9. The molecule has 7 aromatic carbocycles. The zero-order chi connectivity index (χ0) is 48.1. The van der Waals surface area contributed by atoms with E-state index in [1.807, 2.05) is 36.4 Å². The van der Waals surface area contributed by atoms with Crippen molar-refractivity contribution in [2.45, 2.75) is 105 Å². The van der Waals surface area contributed by atoms with Crippen LogP contribution < -0.4 is 0 Å². The van der Waals surface area contributed by atoms with Crippen LogP contribution >= 0.6 is 0 Å². The van der Waals surface area contributed by atoms with Gasteiger partial charge in [-0.05, 0) is 111 Å². The number of benzene rings is 7. The molecule has 3 heterocycles. The Labute approximate surface area is 401 Å². The summed E-state index contributed by atoms with van der Waals surface area (Å²) < 4.78 is 4.82. The van der Waals surface area contributed by atoms with Gasteiger partial charge in [-0.1, -0.05) is 168 Å². The number of hydrogen-bond acceptors (Lipinski definition) is 3. The van der Waals surface area contributed by atoms with Gasteiger partial charge in [0.1, 0.15) is 0 Å². The third-order valence-electron chi connectivity index (χ3n) is 13.8. The smallest absolute Gasteiger partial charge is 0.161 e. The Bertz CT molecular complexity index is 3440. The van der Waals surface area contributed by atoms with Gasteiger partial charge in [0.05, 0.1) is 56.5 Å². The van der Waals surface area contributed by atoms with E-state index in [0.29, 0.717) is 17.0 Å². The number of nitrogens with zero attached hydrogens (tertiary/aromatic N) is 5. The molecule has 5 heteroatoms. The predicted molar refractivity (Wildman–Crippen MR) is 287 cm³/mol. The largest absolute Gasteiger partial charge is 0.307 e. The lowest BCUT2D eigenvalue weighted by Gasteiger charge is -2.22. The van der Waals surface area contributed by atoms with Crippen molar-refractivity contribution in [1.82, 2.24) is 19.1 Å². The van der Waals surface area contributed by atoms with E-state index in [-0.39, 0.29) is 21.7 Å². The Morgan fingerprint density at radius 1 is 0.382 bits per heavy atom. The van der Waals surface area contributed by atoms with Crippen molar-refractivity contribution in [3.63, 3.8) is 0 Å². The summed E-state index contributed by atoms with van der Waals surface area (Å²) in [5, 5.41) is 16.2. The van der Waals surface area contributed by atoms with Crippen LogP contribution in [0.2, 0.25) is 0 Å². The highest BCUT2D eigenvalue weighted by atomic mass is 15.1. The topological polar surface area (TPSA) is 59.4 Å². The third-order valence-corrected chi connectivity index (χ3v) is 13.8. The fourth-order valence-electron chi connectivity index (χ4n) is 9.73. The Kier molecular flexibility index (Phi) is 10.4. The molecule has 0 amide bonds. The first-order valence-electron chi connectivity index (χ1n) is 24.0. The van der Waals surface area contributed by atoms with Gasteiger partial charge in [-0.15, -0.1) is 0 Å². The Hall–Kier alpha value is -7.29. The zero-order valence-corrected chi connectivity index (χ0v) is 41.7. The van der Waals surface area contributed by atoms with Crippen LogP contribution in [0.1, 0.15) is 111 Å². The normalized spacial score (nSPS) is 12.7.